The maximum Gasteiger partial charge on any atom is 0.411 e. The summed E-state index contributed by atoms with van der Waals surface area (Å²) in [7, 11) is 0. The minimum Gasteiger partial charge on any atom is -0.480 e. The van der Waals surface area contributed by atoms with Crippen molar-refractivity contribution < 1.29 is 24.2 Å². The molecule has 0 aromatic heterocycles. The molecule has 2 aliphatic carbocycles. The van der Waals surface area contributed by atoms with Gasteiger partial charge < -0.3 is 15.2 Å². The molecule has 7 nitrogen and oxygen atoms in total. The molecule has 5 rings (SSSR count). The molecular weight excluding hydrogens is 468 g/mol. The number of fused-ring (bicyclic) bond motifs is 3. The first kappa shape index (κ1) is 22.9. The van der Waals surface area contributed by atoms with Crippen LogP contribution < -0.4 is 10.6 Å². The number of halogens is 1. The maximum absolute atomic E-state index is 12.6. The molecule has 1 unspecified atom stereocenters. The standard InChI is InChI=1S/C27H23ClN2O5/c28-17-11-16(25(31)30-24(26(32)33)15-9-10-15)12-18(13-17)29-27(34)35-14-23-21-7-3-1-5-19(21)20-6-2-4-8-22(20)23/h1-8,11-13,15,23-24H,9-10,14H2,(H,29,34)(H,30,31)(H,32,33). The zero-order chi connectivity index (χ0) is 24.5. The topological polar surface area (TPSA) is 105 Å². The number of benzene rings is 3. The van der Waals surface area contributed by atoms with E-state index in [0.717, 1.165) is 35.1 Å². The Bertz CT molecular complexity index is 1270. The first-order valence-electron chi connectivity index (χ1n) is 11.4. The molecule has 35 heavy (non-hydrogen) atoms. The summed E-state index contributed by atoms with van der Waals surface area (Å²) in [5.74, 6) is -1.78. The third-order valence-electron chi connectivity index (χ3n) is 6.40. The molecule has 0 bridgehead atoms. The molecule has 178 valence electrons. The van der Waals surface area contributed by atoms with E-state index in [0.29, 0.717) is 0 Å². The van der Waals surface area contributed by atoms with E-state index in [4.69, 9.17) is 16.3 Å². The van der Waals surface area contributed by atoms with Gasteiger partial charge in [-0.1, -0.05) is 60.1 Å². The van der Waals surface area contributed by atoms with Gasteiger partial charge in [0.25, 0.3) is 5.91 Å². The summed E-state index contributed by atoms with van der Waals surface area (Å²) in [6.45, 7) is 0.148. The van der Waals surface area contributed by atoms with Crippen molar-refractivity contribution >= 4 is 35.3 Å². The monoisotopic (exact) mass is 490 g/mol. The second-order valence-corrected chi connectivity index (χ2v) is 9.24. The first-order valence-corrected chi connectivity index (χ1v) is 11.7. The van der Waals surface area contributed by atoms with Crippen molar-refractivity contribution in [3.05, 3.63) is 88.4 Å². The number of anilines is 1. The van der Waals surface area contributed by atoms with Crippen molar-refractivity contribution in [2.24, 2.45) is 5.92 Å². The van der Waals surface area contributed by atoms with Crippen LogP contribution in [0.25, 0.3) is 11.1 Å². The Labute approximate surface area is 207 Å². The van der Waals surface area contributed by atoms with E-state index < -0.39 is 24.0 Å². The van der Waals surface area contributed by atoms with Crippen molar-refractivity contribution in [3.8, 4) is 11.1 Å². The molecule has 8 heteroatoms. The van der Waals surface area contributed by atoms with E-state index in [1.165, 1.54) is 18.2 Å². The predicted molar refractivity (Wildman–Crippen MR) is 132 cm³/mol. The van der Waals surface area contributed by atoms with Gasteiger partial charge in [0.1, 0.15) is 12.6 Å². The Morgan fingerprint density at radius 1 is 0.971 bits per heavy atom. The maximum atomic E-state index is 12.6. The molecule has 2 aliphatic rings. The van der Waals surface area contributed by atoms with Gasteiger partial charge in [-0.3, -0.25) is 10.1 Å². The number of carbonyl (C=O) groups is 3. The van der Waals surface area contributed by atoms with Crippen LogP contribution in [0, 0.1) is 5.92 Å². The molecule has 0 spiro atoms. The number of nitrogens with one attached hydrogen (secondary N) is 2. The molecule has 3 N–H and O–H groups in total. The number of aliphatic carboxylic acids is 1. The van der Waals surface area contributed by atoms with Gasteiger partial charge in [0.05, 0.1) is 0 Å². The summed E-state index contributed by atoms with van der Waals surface area (Å²) < 4.78 is 5.55. The molecule has 0 heterocycles. The third kappa shape index (κ3) is 4.86. The van der Waals surface area contributed by atoms with E-state index in [2.05, 4.69) is 22.8 Å². The normalized spacial score (nSPS) is 15.0. The third-order valence-corrected chi connectivity index (χ3v) is 6.61. The van der Waals surface area contributed by atoms with Crippen LogP contribution in [0.2, 0.25) is 5.02 Å². The van der Waals surface area contributed by atoms with Crippen LogP contribution in [0.5, 0.6) is 0 Å². The van der Waals surface area contributed by atoms with E-state index >= 15 is 0 Å². The van der Waals surface area contributed by atoms with Crippen molar-refractivity contribution in [1.29, 1.82) is 0 Å². The van der Waals surface area contributed by atoms with E-state index in [1.54, 1.807) is 0 Å². The van der Waals surface area contributed by atoms with Gasteiger partial charge in [-0.05, 0) is 59.2 Å². The highest BCUT2D eigenvalue weighted by Crippen LogP contribution is 2.44. The molecule has 1 fully saturated rings. The van der Waals surface area contributed by atoms with Gasteiger partial charge in [-0.15, -0.1) is 0 Å². The number of rotatable bonds is 7. The van der Waals surface area contributed by atoms with Gasteiger partial charge in [-0.2, -0.15) is 0 Å². The fourth-order valence-electron chi connectivity index (χ4n) is 4.58. The van der Waals surface area contributed by atoms with Crippen LogP contribution in [0.3, 0.4) is 0 Å². The Kier molecular flexibility index (Phi) is 6.17. The van der Waals surface area contributed by atoms with E-state index in [1.807, 2.05) is 36.4 Å². The molecule has 0 radical (unpaired) electrons. The highest BCUT2D eigenvalue weighted by Gasteiger charge is 2.37. The van der Waals surface area contributed by atoms with Crippen LogP contribution in [0.1, 0.15) is 40.2 Å². The van der Waals surface area contributed by atoms with Crippen LogP contribution in [0.4, 0.5) is 10.5 Å². The van der Waals surface area contributed by atoms with Gasteiger partial charge in [0.15, 0.2) is 0 Å². The average molecular weight is 491 g/mol. The smallest absolute Gasteiger partial charge is 0.411 e. The predicted octanol–water partition coefficient (Wildman–Crippen LogP) is 5.29. The summed E-state index contributed by atoms with van der Waals surface area (Å²) in [6, 6.07) is 19.5. The number of ether oxygens (including phenoxy) is 1. The second-order valence-electron chi connectivity index (χ2n) is 8.81. The molecule has 1 atom stereocenters. The van der Waals surface area contributed by atoms with Gasteiger partial charge in [-0.25, -0.2) is 9.59 Å². The minimum absolute atomic E-state index is 0.0611. The Morgan fingerprint density at radius 3 is 2.20 bits per heavy atom. The SMILES string of the molecule is O=C(Nc1cc(Cl)cc(C(=O)NC(C(=O)O)C2CC2)c1)OCC1c2ccccc2-c2ccccc21. The average Bonchev–Trinajstić information content (AvgIpc) is 3.63. The number of carboxylic acid groups (broad SMARTS) is 1. The van der Waals surface area contributed by atoms with Crippen LogP contribution >= 0.6 is 11.6 Å². The zero-order valence-electron chi connectivity index (χ0n) is 18.7. The molecule has 3 aromatic carbocycles. The number of hydrogen-bond donors (Lipinski definition) is 3. The molecule has 0 aliphatic heterocycles. The largest absolute Gasteiger partial charge is 0.480 e. The summed E-state index contributed by atoms with van der Waals surface area (Å²) in [6.07, 6.45) is 0.852. The number of carboxylic acids is 1. The minimum atomic E-state index is -1.07. The van der Waals surface area contributed by atoms with E-state index in [9.17, 15) is 19.5 Å². The summed E-state index contributed by atoms with van der Waals surface area (Å²) in [5, 5.41) is 14.8. The van der Waals surface area contributed by atoms with Crippen LogP contribution in [-0.2, 0) is 9.53 Å². The fraction of sp³-hybridized carbons (Fsp3) is 0.222. The van der Waals surface area contributed by atoms with Crippen molar-refractivity contribution in [2.45, 2.75) is 24.8 Å². The van der Waals surface area contributed by atoms with Gasteiger partial charge in [0, 0.05) is 22.2 Å². The number of amides is 2. The molecule has 1 saturated carbocycles. The summed E-state index contributed by atoms with van der Waals surface area (Å²) in [5.41, 5.74) is 4.90. The molecule has 0 saturated heterocycles. The van der Waals surface area contributed by atoms with Crippen molar-refractivity contribution in [1.82, 2.24) is 5.32 Å². The lowest BCUT2D eigenvalue weighted by Gasteiger charge is -2.16. The fourth-order valence-corrected chi connectivity index (χ4v) is 4.82. The highest BCUT2D eigenvalue weighted by molar-refractivity contribution is 6.31. The van der Waals surface area contributed by atoms with Gasteiger partial charge in [0.2, 0.25) is 0 Å². The lowest BCUT2D eigenvalue weighted by atomic mass is 9.98. The Morgan fingerprint density at radius 2 is 1.60 bits per heavy atom. The van der Waals surface area contributed by atoms with Crippen molar-refractivity contribution in [2.75, 3.05) is 11.9 Å². The molecule has 3 aromatic rings. The highest BCUT2D eigenvalue weighted by atomic mass is 35.5. The summed E-state index contributed by atoms with van der Waals surface area (Å²) in [4.78, 5) is 36.7. The second kappa shape index (κ2) is 9.43. The van der Waals surface area contributed by atoms with Crippen molar-refractivity contribution in [3.63, 3.8) is 0 Å². The van der Waals surface area contributed by atoms with Crippen LogP contribution in [-0.4, -0.2) is 35.7 Å². The number of carbonyl (C=O) groups excluding carboxylic acids is 2. The number of hydrogen-bond acceptors (Lipinski definition) is 4. The lowest BCUT2D eigenvalue weighted by Crippen LogP contribution is -2.42. The lowest BCUT2D eigenvalue weighted by molar-refractivity contribution is -0.139. The Balaban J connectivity index is 1.26. The summed E-state index contributed by atoms with van der Waals surface area (Å²) >= 11 is 6.16. The Hall–Kier alpha value is -3.84. The van der Waals surface area contributed by atoms with E-state index in [-0.39, 0.29) is 34.7 Å². The van der Waals surface area contributed by atoms with Crippen LogP contribution in [0.15, 0.2) is 66.7 Å². The zero-order valence-corrected chi connectivity index (χ0v) is 19.4. The quantitative estimate of drug-likeness (QED) is 0.417. The molecular formula is C27H23ClN2O5. The molecule has 2 amide bonds. The first-order chi connectivity index (χ1) is 16.9. The van der Waals surface area contributed by atoms with Gasteiger partial charge >= 0.3 is 12.1 Å².